The van der Waals surface area contributed by atoms with E-state index in [2.05, 4.69) is 21.2 Å². The van der Waals surface area contributed by atoms with Gasteiger partial charge in [0.25, 0.3) is 0 Å². The summed E-state index contributed by atoms with van der Waals surface area (Å²) in [7, 11) is 0. The van der Waals surface area contributed by atoms with Crippen molar-refractivity contribution >= 4 is 28.8 Å². The first-order valence-electron chi connectivity index (χ1n) is 11.0. The molecule has 32 heavy (non-hydrogen) atoms. The fourth-order valence-corrected chi connectivity index (χ4v) is 5.37. The molecule has 2 saturated heterocycles. The van der Waals surface area contributed by atoms with E-state index in [1.54, 1.807) is 22.3 Å². The maximum Gasteiger partial charge on any atom is 0.312 e. The molecule has 0 unspecified atom stereocenters. The van der Waals surface area contributed by atoms with E-state index >= 15 is 0 Å². The van der Waals surface area contributed by atoms with E-state index in [9.17, 15) is 14.0 Å². The minimum Gasteiger partial charge on any atom is -0.378 e. The van der Waals surface area contributed by atoms with Crippen LogP contribution in [-0.2, 0) is 14.3 Å². The molecule has 1 N–H and O–H groups in total. The Morgan fingerprint density at radius 3 is 2.41 bits per heavy atom. The van der Waals surface area contributed by atoms with E-state index in [0.29, 0.717) is 45.1 Å². The van der Waals surface area contributed by atoms with Crippen LogP contribution in [-0.4, -0.2) is 80.1 Å². The quantitative estimate of drug-likeness (QED) is 0.693. The van der Waals surface area contributed by atoms with Crippen molar-refractivity contribution in [1.29, 1.82) is 0 Å². The summed E-state index contributed by atoms with van der Waals surface area (Å²) >= 11 is 1.64. The predicted molar refractivity (Wildman–Crippen MR) is 122 cm³/mol. The van der Waals surface area contributed by atoms with Gasteiger partial charge in [0, 0.05) is 50.2 Å². The number of anilines is 1. The number of halogens is 1. The average Bonchev–Trinajstić information content (AvgIpc) is 3.34. The summed E-state index contributed by atoms with van der Waals surface area (Å²) in [6.07, 6.45) is 0. The van der Waals surface area contributed by atoms with Crippen LogP contribution >= 0.6 is 11.3 Å². The number of piperazine rings is 1. The maximum absolute atomic E-state index is 14.2. The molecule has 3 heterocycles. The second kappa shape index (κ2) is 10.4. The van der Waals surface area contributed by atoms with Crippen LogP contribution in [0.4, 0.5) is 10.1 Å². The van der Waals surface area contributed by atoms with Crippen LogP contribution in [0, 0.1) is 5.82 Å². The van der Waals surface area contributed by atoms with Crippen molar-refractivity contribution in [2.45, 2.75) is 19.0 Å². The summed E-state index contributed by atoms with van der Waals surface area (Å²) in [5.41, 5.74) is 0.622. The van der Waals surface area contributed by atoms with Crippen molar-refractivity contribution in [3.05, 3.63) is 52.5 Å². The van der Waals surface area contributed by atoms with Crippen molar-refractivity contribution in [2.75, 3.05) is 57.4 Å². The number of carbonyl (C=O) groups is 2. The van der Waals surface area contributed by atoms with E-state index in [-0.39, 0.29) is 17.9 Å². The fraction of sp³-hybridized carbons (Fsp3) is 0.478. The number of hydrogen-bond acceptors (Lipinski definition) is 6. The second-order valence-electron chi connectivity index (χ2n) is 8.10. The van der Waals surface area contributed by atoms with Crippen molar-refractivity contribution < 1.29 is 18.7 Å². The molecular formula is C23H29FN4O3S. The Kier molecular flexibility index (Phi) is 7.39. The number of para-hydroxylation sites is 1. The number of rotatable bonds is 5. The lowest BCUT2D eigenvalue weighted by molar-refractivity contribution is -0.149. The topological polar surface area (TPSA) is 65.1 Å². The average molecular weight is 461 g/mol. The summed E-state index contributed by atoms with van der Waals surface area (Å²) in [4.78, 5) is 32.3. The van der Waals surface area contributed by atoms with E-state index in [4.69, 9.17) is 4.74 Å². The molecular weight excluding hydrogens is 431 g/mol. The van der Waals surface area contributed by atoms with Crippen LogP contribution in [0.2, 0.25) is 0 Å². The number of nitrogens with one attached hydrogen (secondary N) is 1. The zero-order valence-electron chi connectivity index (χ0n) is 18.2. The van der Waals surface area contributed by atoms with Gasteiger partial charge >= 0.3 is 11.8 Å². The number of carbonyl (C=O) groups excluding carboxylic acids is 2. The molecule has 7 nitrogen and oxygen atoms in total. The lowest BCUT2D eigenvalue weighted by atomic mass is 10.0. The molecule has 0 radical (unpaired) electrons. The van der Waals surface area contributed by atoms with Gasteiger partial charge in [0.05, 0.1) is 24.9 Å². The first-order chi connectivity index (χ1) is 15.5. The molecule has 2 atom stereocenters. The lowest BCUT2D eigenvalue weighted by Crippen LogP contribution is -2.55. The molecule has 1 aromatic heterocycles. The number of benzene rings is 1. The Morgan fingerprint density at radius 2 is 1.75 bits per heavy atom. The van der Waals surface area contributed by atoms with Crippen LogP contribution in [0.5, 0.6) is 0 Å². The first kappa shape index (κ1) is 22.7. The molecule has 0 bridgehead atoms. The van der Waals surface area contributed by atoms with Crippen LogP contribution in [0.3, 0.4) is 0 Å². The fourth-order valence-electron chi connectivity index (χ4n) is 4.41. The molecule has 172 valence electrons. The Bertz CT molecular complexity index is 912. The molecule has 0 spiro atoms. The molecule has 2 aliphatic rings. The van der Waals surface area contributed by atoms with E-state index in [1.165, 1.54) is 6.07 Å². The monoisotopic (exact) mass is 460 g/mol. The van der Waals surface area contributed by atoms with Gasteiger partial charge in [-0.25, -0.2) is 4.39 Å². The second-order valence-corrected chi connectivity index (χ2v) is 9.08. The van der Waals surface area contributed by atoms with Crippen LogP contribution in [0.15, 0.2) is 41.8 Å². The number of thiophene rings is 1. The minimum absolute atomic E-state index is 0.0563. The molecule has 2 aliphatic heterocycles. The van der Waals surface area contributed by atoms with Crippen LogP contribution < -0.4 is 10.2 Å². The SMILES string of the molecule is C[C@H](NC(=O)C(=O)N1CCOCC1)[C@H](c1cccs1)N1CCN(c2ccccc2F)CC1. The van der Waals surface area contributed by atoms with E-state index in [0.717, 1.165) is 18.0 Å². The third kappa shape index (κ3) is 5.11. The predicted octanol–water partition coefficient (Wildman–Crippen LogP) is 2.11. The summed E-state index contributed by atoms with van der Waals surface area (Å²) < 4.78 is 19.5. The van der Waals surface area contributed by atoms with Crippen LogP contribution in [0.25, 0.3) is 0 Å². The van der Waals surface area contributed by atoms with Gasteiger partial charge in [-0.05, 0) is 30.5 Å². The van der Waals surface area contributed by atoms with Crippen molar-refractivity contribution in [1.82, 2.24) is 15.1 Å². The minimum atomic E-state index is -0.578. The van der Waals surface area contributed by atoms with Crippen molar-refractivity contribution in [3.63, 3.8) is 0 Å². The molecule has 9 heteroatoms. The number of hydrogen-bond donors (Lipinski definition) is 1. The van der Waals surface area contributed by atoms with Gasteiger partial charge < -0.3 is 19.9 Å². The normalized spacial score (nSPS) is 19.4. The Labute approximate surface area is 191 Å². The van der Waals surface area contributed by atoms with Gasteiger partial charge in [0.1, 0.15) is 5.82 Å². The van der Waals surface area contributed by atoms with Crippen molar-refractivity contribution in [2.24, 2.45) is 0 Å². The highest BCUT2D eigenvalue weighted by atomic mass is 32.1. The zero-order chi connectivity index (χ0) is 22.5. The van der Waals surface area contributed by atoms with Gasteiger partial charge in [-0.15, -0.1) is 11.3 Å². The lowest BCUT2D eigenvalue weighted by Gasteiger charge is -2.42. The number of nitrogens with zero attached hydrogens (tertiary/aromatic N) is 3. The number of ether oxygens (including phenoxy) is 1. The van der Waals surface area contributed by atoms with Gasteiger partial charge in [-0.2, -0.15) is 0 Å². The highest BCUT2D eigenvalue weighted by Crippen LogP contribution is 2.30. The number of amides is 2. The first-order valence-corrected chi connectivity index (χ1v) is 11.9. The standard InChI is InChI=1S/C23H29FN4O3S/c1-17(25-22(29)23(30)28-12-14-31-15-13-28)21(20-7-4-16-32-20)27-10-8-26(9-11-27)19-6-3-2-5-18(19)24/h2-7,16-17,21H,8-15H2,1H3,(H,25,29)/t17-,21+/m0/s1. The molecule has 2 amide bonds. The van der Waals surface area contributed by atoms with Gasteiger partial charge in [0.2, 0.25) is 0 Å². The summed E-state index contributed by atoms with van der Waals surface area (Å²) in [6, 6.07) is 10.6. The molecule has 2 aromatic rings. The summed E-state index contributed by atoms with van der Waals surface area (Å²) in [5, 5.41) is 4.95. The molecule has 4 rings (SSSR count). The Balaban J connectivity index is 1.42. The third-order valence-electron chi connectivity index (χ3n) is 6.06. The molecule has 0 aliphatic carbocycles. The Hall–Kier alpha value is -2.49. The highest BCUT2D eigenvalue weighted by Gasteiger charge is 2.33. The van der Waals surface area contributed by atoms with Gasteiger partial charge in [-0.1, -0.05) is 18.2 Å². The van der Waals surface area contributed by atoms with Gasteiger partial charge in [-0.3, -0.25) is 14.5 Å². The van der Waals surface area contributed by atoms with Crippen molar-refractivity contribution in [3.8, 4) is 0 Å². The van der Waals surface area contributed by atoms with E-state index in [1.807, 2.05) is 30.5 Å². The third-order valence-corrected chi connectivity index (χ3v) is 7.00. The maximum atomic E-state index is 14.2. The molecule has 0 saturated carbocycles. The zero-order valence-corrected chi connectivity index (χ0v) is 19.0. The summed E-state index contributed by atoms with van der Waals surface area (Å²) in [6.45, 7) is 6.57. The highest BCUT2D eigenvalue weighted by molar-refractivity contribution is 7.10. The van der Waals surface area contributed by atoms with Gasteiger partial charge in [0.15, 0.2) is 0 Å². The van der Waals surface area contributed by atoms with E-state index < -0.39 is 11.8 Å². The summed E-state index contributed by atoms with van der Waals surface area (Å²) in [5.74, 6) is -1.29. The smallest absolute Gasteiger partial charge is 0.312 e. The largest absolute Gasteiger partial charge is 0.378 e. The molecule has 1 aromatic carbocycles. The molecule has 2 fully saturated rings. The van der Waals surface area contributed by atoms with Crippen LogP contribution in [0.1, 0.15) is 17.8 Å². The Morgan fingerprint density at radius 1 is 1.03 bits per heavy atom. The number of morpholine rings is 1.